The Morgan fingerprint density at radius 3 is 3.00 bits per heavy atom. The van der Waals surface area contributed by atoms with Gasteiger partial charge in [-0.05, 0) is 24.6 Å². The van der Waals surface area contributed by atoms with Crippen LogP contribution >= 0.6 is 0 Å². The second kappa shape index (κ2) is 5.18. The molecule has 5 heteroatoms. The number of anilines is 1. The van der Waals surface area contributed by atoms with Crippen molar-refractivity contribution in [3.05, 3.63) is 24.1 Å². The molecule has 18 heavy (non-hydrogen) atoms. The molecule has 0 bridgehead atoms. The van der Waals surface area contributed by atoms with Gasteiger partial charge >= 0.3 is 0 Å². The number of fused-ring (bicyclic) bond motifs is 1. The fourth-order valence-electron chi connectivity index (χ4n) is 1.76. The summed E-state index contributed by atoms with van der Waals surface area (Å²) in [4.78, 5) is 16.0. The third kappa shape index (κ3) is 2.51. The molecule has 0 saturated carbocycles. The van der Waals surface area contributed by atoms with Gasteiger partial charge in [0.1, 0.15) is 5.52 Å². The summed E-state index contributed by atoms with van der Waals surface area (Å²) in [7, 11) is 0. The molecule has 1 amide bonds. The maximum absolute atomic E-state index is 11.8. The largest absolute Gasteiger partial charge is 0.441 e. The fraction of sp³-hybridized carbons (Fsp3) is 0.385. The first-order valence-corrected chi connectivity index (χ1v) is 5.93. The highest BCUT2D eigenvalue weighted by molar-refractivity contribution is 5.94. The van der Waals surface area contributed by atoms with E-state index in [-0.39, 0.29) is 18.4 Å². The van der Waals surface area contributed by atoms with E-state index in [1.807, 2.05) is 6.92 Å². The smallest absolute Gasteiger partial charge is 0.229 e. The van der Waals surface area contributed by atoms with Crippen molar-refractivity contribution in [2.75, 3.05) is 11.9 Å². The van der Waals surface area contributed by atoms with Gasteiger partial charge in [0.2, 0.25) is 5.91 Å². The van der Waals surface area contributed by atoms with E-state index in [1.165, 1.54) is 0 Å². The van der Waals surface area contributed by atoms with Gasteiger partial charge in [0.05, 0.1) is 12.5 Å². The molecule has 2 N–H and O–H groups in total. The number of benzene rings is 1. The summed E-state index contributed by atoms with van der Waals surface area (Å²) in [6.07, 6.45) is 0.605. The molecule has 0 aliphatic heterocycles. The van der Waals surface area contributed by atoms with Gasteiger partial charge in [0.15, 0.2) is 11.5 Å². The van der Waals surface area contributed by atoms with Crippen molar-refractivity contribution < 1.29 is 14.3 Å². The van der Waals surface area contributed by atoms with E-state index in [9.17, 15) is 4.79 Å². The molecule has 1 aromatic carbocycles. The van der Waals surface area contributed by atoms with E-state index < -0.39 is 0 Å². The lowest BCUT2D eigenvalue weighted by molar-refractivity contribution is -0.121. The lowest BCUT2D eigenvalue weighted by atomic mass is 10.1. The first kappa shape index (κ1) is 12.6. The summed E-state index contributed by atoms with van der Waals surface area (Å²) < 4.78 is 5.35. The molecule has 2 aromatic rings. The molecule has 0 radical (unpaired) electrons. The number of nitrogens with zero attached hydrogens (tertiary/aromatic N) is 1. The summed E-state index contributed by atoms with van der Waals surface area (Å²) in [5.74, 6) is 0.0366. The molecular weight excluding hydrogens is 232 g/mol. The van der Waals surface area contributed by atoms with Crippen LogP contribution in [0.3, 0.4) is 0 Å². The van der Waals surface area contributed by atoms with Gasteiger partial charge < -0.3 is 14.8 Å². The van der Waals surface area contributed by atoms with Crippen LogP contribution in [0, 0.1) is 12.8 Å². The zero-order valence-electron chi connectivity index (χ0n) is 10.4. The number of rotatable bonds is 4. The minimum absolute atomic E-state index is 0.145. The maximum Gasteiger partial charge on any atom is 0.229 e. The van der Waals surface area contributed by atoms with E-state index in [0.717, 1.165) is 0 Å². The average Bonchev–Trinajstić information content (AvgIpc) is 2.70. The molecule has 1 atom stereocenters. The third-order valence-corrected chi connectivity index (χ3v) is 2.85. The molecule has 0 fully saturated rings. The topological polar surface area (TPSA) is 75.4 Å². The summed E-state index contributed by atoms with van der Waals surface area (Å²) in [6.45, 7) is 3.50. The molecule has 5 nitrogen and oxygen atoms in total. The molecule has 1 heterocycles. The first-order valence-electron chi connectivity index (χ1n) is 5.93. The van der Waals surface area contributed by atoms with Gasteiger partial charge in [-0.15, -0.1) is 0 Å². The third-order valence-electron chi connectivity index (χ3n) is 2.85. The summed E-state index contributed by atoms with van der Waals surface area (Å²) >= 11 is 0. The Hall–Kier alpha value is -1.88. The molecule has 96 valence electrons. The van der Waals surface area contributed by atoms with Gasteiger partial charge in [-0.1, -0.05) is 6.92 Å². The van der Waals surface area contributed by atoms with Crippen molar-refractivity contribution in [3.63, 3.8) is 0 Å². The van der Waals surface area contributed by atoms with Crippen LogP contribution < -0.4 is 5.32 Å². The van der Waals surface area contributed by atoms with E-state index in [1.54, 1.807) is 25.1 Å². The molecular formula is C13H16N2O3. The average molecular weight is 248 g/mol. The predicted molar refractivity (Wildman–Crippen MR) is 68.2 cm³/mol. The van der Waals surface area contributed by atoms with Gasteiger partial charge in [-0.2, -0.15) is 0 Å². The van der Waals surface area contributed by atoms with Crippen LogP contribution in [-0.4, -0.2) is 22.6 Å². The molecule has 0 spiro atoms. The first-order chi connectivity index (χ1) is 8.63. The normalized spacial score (nSPS) is 12.6. The van der Waals surface area contributed by atoms with Crippen LogP contribution in [0.4, 0.5) is 5.69 Å². The highest BCUT2D eigenvalue weighted by atomic mass is 16.3. The Morgan fingerprint density at radius 1 is 1.56 bits per heavy atom. The highest BCUT2D eigenvalue weighted by Gasteiger charge is 2.15. The van der Waals surface area contributed by atoms with Crippen molar-refractivity contribution >= 4 is 22.7 Å². The van der Waals surface area contributed by atoms with Crippen LogP contribution in [0.1, 0.15) is 19.2 Å². The number of carbonyl (C=O) groups excluding carboxylic acids is 1. The minimum atomic E-state index is -0.375. The zero-order chi connectivity index (χ0) is 13.1. The van der Waals surface area contributed by atoms with Crippen molar-refractivity contribution in [1.82, 2.24) is 4.98 Å². The molecule has 0 saturated heterocycles. The van der Waals surface area contributed by atoms with E-state index >= 15 is 0 Å². The predicted octanol–water partition coefficient (Wildman–Crippen LogP) is 2.09. The number of hydrogen-bond donors (Lipinski definition) is 2. The standard InChI is InChI=1S/C13H16N2O3/c1-3-9(7-16)13(17)15-10-4-5-12-11(6-10)14-8(2)18-12/h4-6,9,16H,3,7H2,1-2H3,(H,15,17). The number of aryl methyl sites for hydroxylation is 1. The Bertz CT molecular complexity index is 558. The van der Waals surface area contributed by atoms with Crippen LogP contribution in [-0.2, 0) is 4.79 Å². The van der Waals surface area contributed by atoms with Crippen LogP contribution in [0.2, 0.25) is 0 Å². The number of nitrogens with one attached hydrogen (secondary N) is 1. The van der Waals surface area contributed by atoms with Crippen LogP contribution in [0.15, 0.2) is 22.6 Å². The number of oxazole rings is 1. The SMILES string of the molecule is CCC(CO)C(=O)Nc1ccc2oc(C)nc2c1. The quantitative estimate of drug-likeness (QED) is 0.868. The molecule has 1 unspecified atom stereocenters. The number of carbonyl (C=O) groups is 1. The number of aliphatic hydroxyl groups excluding tert-OH is 1. The molecule has 0 aliphatic rings. The molecule has 1 aromatic heterocycles. The van der Waals surface area contributed by atoms with Crippen molar-refractivity contribution in [3.8, 4) is 0 Å². The molecule has 0 aliphatic carbocycles. The van der Waals surface area contributed by atoms with Gasteiger partial charge in [0, 0.05) is 12.6 Å². The Morgan fingerprint density at radius 2 is 2.33 bits per heavy atom. The maximum atomic E-state index is 11.8. The second-order valence-corrected chi connectivity index (χ2v) is 4.19. The Balaban J connectivity index is 2.18. The van der Waals surface area contributed by atoms with E-state index in [0.29, 0.717) is 29.1 Å². The van der Waals surface area contributed by atoms with Gasteiger partial charge in [-0.25, -0.2) is 4.98 Å². The van der Waals surface area contributed by atoms with E-state index in [2.05, 4.69) is 10.3 Å². The summed E-state index contributed by atoms with van der Waals surface area (Å²) in [6, 6.07) is 5.29. The number of aromatic nitrogens is 1. The number of amides is 1. The number of aliphatic hydroxyl groups is 1. The van der Waals surface area contributed by atoms with Crippen LogP contribution in [0.5, 0.6) is 0 Å². The summed E-state index contributed by atoms with van der Waals surface area (Å²) in [5, 5.41) is 11.8. The monoisotopic (exact) mass is 248 g/mol. The Labute approximate surface area is 105 Å². The highest BCUT2D eigenvalue weighted by Crippen LogP contribution is 2.20. The van der Waals surface area contributed by atoms with Crippen molar-refractivity contribution in [1.29, 1.82) is 0 Å². The van der Waals surface area contributed by atoms with Gasteiger partial charge in [-0.3, -0.25) is 4.79 Å². The lowest BCUT2D eigenvalue weighted by Crippen LogP contribution is -2.24. The zero-order valence-corrected chi connectivity index (χ0v) is 10.4. The molecule has 2 rings (SSSR count). The number of hydrogen-bond acceptors (Lipinski definition) is 4. The minimum Gasteiger partial charge on any atom is -0.441 e. The van der Waals surface area contributed by atoms with Crippen molar-refractivity contribution in [2.45, 2.75) is 20.3 Å². The van der Waals surface area contributed by atoms with Gasteiger partial charge in [0.25, 0.3) is 0 Å². The summed E-state index contributed by atoms with van der Waals surface area (Å²) in [5.41, 5.74) is 2.06. The van der Waals surface area contributed by atoms with E-state index in [4.69, 9.17) is 9.52 Å². The second-order valence-electron chi connectivity index (χ2n) is 4.19. The van der Waals surface area contributed by atoms with Crippen LogP contribution in [0.25, 0.3) is 11.1 Å². The van der Waals surface area contributed by atoms with Crippen molar-refractivity contribution in [2.24, 2.45) is 5.92 Å². The Kier molecular flexibility index (Phi) is 3.62. The lowest BCUT2D eigenvalue weighted by Gasteiger charge is -2.11. The fourth-order valence-corrected chi connectivity index (χ4v) is 1.76.